The van der Waals surface area contributed by atoms with Gasteiger partial charge in [-0.05, 0) is 54.9 Å². The van der Waals surface area contributed by atoms with Crippen LogP contribution in [0, 0.1) is 0 Å². The number of benzene rings is 1. The maximum Gasteiger partial charge on any atom is 0.135 e. The van der Waals surface area contributed by atoms with Gasteiger partial charge in [0, 0.05) is 53.6 Å². The van der Waals surface area contributed by atoms with E-state index < -0.39 is 0 Å². The minimum Gasteiger partial charge on any atom is -0.384 e. The highest BCUT2D eigenvalue weighted by molar-refractivity contribution is 6.31. The van der Waals surface area contributed by atoms with Crippen molar-refractivity contribution in [1.82, 2.24) is 9.97 Å². The zero-order valence-electron chi connectivity index (χ0n) is 17.0. The van der Waals surface area contributed by atoms with E-state index in [1.165, 1.54) is 28.9 Å². The Hall–Kier alpha value is -0.980. The van der Waals surface area contributed by atoms with E-state index in [1.54, 1.807) is 6.33 Å². The molecule has 30 heavy (non-hydrogen) atoms. The topological polar surface area (TPSA) is 67.1 Å². The maximum absolute atomic E-state index is 6.48. The van der Waals surface area contributed by atoms with Crippen LogP contribution in [0.2, 0.25) is 5.02 Å². The van der Waals surface area contributed by atoms with Gasteiger partial charge in [-0.2, -0.15) is 0 Å². The van der Waals surface area contributed by atoms with E-state index in [2.05, 4.69) is 33.2 Å². The molecule has 3 N–H and O–H groups in total. The molecule has 1 aromatic carbocycles. The van der Waals surface area contributed by atoms with Gasteiger partial charge in [-0.15, -0.1) is 37.2 Å². The summed E-state index contributed by atoms with van der Waals surface area (Å²) < 4.78 is 0. The third kappa shape index (κ3) is 3.84. The van der Waals surface area contributed by atoms with Crippen molar-refractivity contribution in [1.29, 1.82) is 0 Å². The summed E-state index contributed by atoms with van der Waals surface area (Å²) in [5, 5.41) is 4.40. The molecule has 2 aromatic rings. The van der Waals surface area contributed by atoms with Crippen molar-refractivity contribution in [2.75, 3.05) is 29.9 Å². The Morgan fingerprint density at radius 1 is 1.20 bits per heavy atom. The van der Waals surface area contributed by atoms with Crippen molar-refractivity contribution in [2.45, 2.75) is 50.5 Å². The van der Waals surface area contributed by atoms with E-state index in [0.717, 1.165) is 55.3 Å². The van der Waals surface area contributed by atoms with Crippen LogP contribution in [-0.4, -0.2) is 29.6 Å². The molecule has 1 aromatic heterocycles. The minimum atomic E-state index is 0. The standard InChI is InChI=1S/C21H26ClN5.3ClH/c1-13-2-4-16-18(13)20(26-12-25-16)27-8-6-21(7-9-27)11-24-17-5-3-15(22)14(10-23)19(17)21;;;/h3,5,12-13,24H,2,4,6-11,23H2,1H3;3*1H/t13-;;;/m1.../s1. The van der Waals surface area contributed by atoms with Crippen LogP contribution in [0.15, 0.2) is 18.5 Å². The molecule has 3 aliphatic rings. The number of halogens is 4. The lowest BCUT2D eigenvalue weighted by atomic mass is 9.72. The van der Waals surface area contributed by atoms with E-state index >= 15 is 0 Å². The zero-order chi connectivity index (χ0) is 18.6. The lowest BCUT2D eigenvalue weighted by Crippen LogP contribution is -2.45. The number of nitrogens with two attached hydrogens (primary N) is 1. The first-order valence-corrected chi connectivity index (χ1v) is 10.4. The molecule has 0 unspecified atom stereocenters. The molecule has 1 atom stereocenters. The third-order valence-electron chi connectivity index (χ3n) is 6.88. The molecular weight excluding hydrogens is 464 g/mol. The van der Waals surface area contributed by atoms with Crippen molar-refractivity contribution in [3.8, 4) is 0 Å². The first kappa shape index (κ1) is 25.3. The van der Waals surface area contributed by atoms with Crippen LogP contribution in [0.25, 0.3) is 0 Å². The van der Waals surface area contributed by atoms with Crippen LogP contribution in [0.3, 0.4) is 0 Å². The summed E-state index contributed by atoms with van der Waals surface area (Å²) in [5.41, 5.74) is 12.5. The molecule has 1 spiro atoms. The number of aromatic nitrogens is 2. The largest absolute Gasteiger partial charge is 0.384 e. The molecule has 166 valence electrons. The van der Waals surface area contributed by atoms with Gasteiger partial charge < -0.3 is 16.0 Å². The number of hydrogen-bond acceptors (Lipinski definition) is 5. The first-order chi connectivity index (χ1) is 13.1. The molecule has 2 aliphatic heterocycles. The monoisotopic (exact) mass is 491 g/mol. The zero-order valence-corrected chi connectivity index (χ0v) is 20.2. The highest BCUT2D eigenvalue weighted by atomic mass is 35.5. The van der Waals surface area contributed by atoms with E-state index in [0.29, 0.717) is 12.5 Å². The summed E-state index contributed by atoms with van der Waals surface area (Å²) in [6, 6.07) is 4.08. The summed E-state index contributed by atoms with van der Waals surface area (Å²) in [7, 11) is 0. The van der Waals surface area contributed by atoms with Gasteiger partial charge in [0.15, 0.2) is 0 Å². The number of rotatable bonds is 2. The Morgan fingerprint density at radius 3 is 2.63 bits per heavy atom. The molecule has 5 nitrogen and oxygen atoms in total. The van der Waals surface area contributed by atoms with E-state index in [1.807, 2.05) is 6.07 Å². The fraction of sp³-hybridized carbons (Fsp3) is 0.524. The average Bonchev–Trinajstić information content (AvgIpc) is 3.24. The Labute approximate surface area is 201 Å². The molecule has 0 amide bonds. The van der Waals surface area contributed by atoms with E-state index in [-0.39, 0.29) is 42.6 Å². The summed E-state index contributed by atoms with van der Waals surface area (Å²) in [6.07, 6.45) is 6.20. The number of aryl methyl sites for hydroxylation is 1. The Morgan fingerprint density at radius 2 is 1.93 bits per heavy atom. The molecule has 1 saturated heterocycles. The second-order valence-electron chi connectivity index (χ2n) is 8.27. The first-order valence-electron chi connectivity index (χ1n) is 9.97. The SMILES string of the molecule is C[C@@H]1CCc2ncnc(N3CCC4(CC3)CNc3ccc(Cl)c(CN)c34)c21.Cl.Cl.Cl. The van der Waals surface area contributed by atoms with E-state index in [4.69, 9.17) is 17.3 Å². The molecule has 3 heterocycles. The van der Waals surface area contributed by atoms with Gasteiger partial charge in [0.25, 0.3) is 0 Å². The summed E-state index contributed by atoms with van der Waals surface area (Å²) in [4.78, 5) is 11.7. The Balaban J connectivity index is 0.00000107. The molecule has 0 bridgehead atoms. The van der Waals surface area contributed by atoms with Crippen LogP contribution < -0.4 is 16.0 Å². The number of nitrogens with one attached hydrogen (secondary N) is 1. The van der Waals surface area contributed by atoms with E-state index in [9.17, 15) is 0 Å². The highest BCUT2D eigenvalue weighted by Crippen LogP contribution is 2.48. The Bertz CT molecular complexity index is 899. The molecule has 5 rings (SSSR count). The molecule has 0 radical (unpaired) electrons. The minimum absolute atomic E-state index is 0. The Kier molecular flexibility index (Phi) is 8.14. The normalized spacial score (nSPS) is 20.4. The van der Waals surface area contributed by atoms with Crippen molar-refractivity contribution in [3.63, 3.8) is 0 Å². The van der Waals surface area contributed by atoms with Crippen LogP contribution in [0.4, 0.5) is 11.5 Å². The van der Waals surface area contributed by atoms with Crippen LogP contribution in [0.5, 0.6) is 0 Å². The van der Waals surface area contributed by atoms with Gasteiger partial charge in [-0.25, -0.2) is 9.97 Å². The number of hydrogen-bond donors (Lipinski definition) is 2. The third-order valence-corrected chi connectivity index (χ3v) is 7.23. The average molecular weight is 493 g/mol. The fourth-order valence-electron chi connectivity index (χ4n) is 5.38. The maximum atomic E-state index is 6.48. The summed E-state index contributed by atoms with van der Waals surface area (Å²) >= 11 is 6.48. The lowest BCUT2D eigenvalue weighted by Gasteiger charge is -2.41. The second kappa shape index (κ2) is 9.66. The smallest absolute Gasteiger partial charge is 0.135 e. The van der Waals surface area contributed by atoms with Crippen molar-refractivity contribution in [2.24, 2.45) is 5.73 Å². The van der Waals surface area contributed by atoms with Gasteiger partial charge in [0.1, 0.15) is 12.1 Å². The van der Waals surface area contributed by atoms with Gasteiger partial charge in [0.05, 0.1) is 0 Å². The number of piperidine rings is 1. The number of nitrogens with zero attached hydrogens (tertiary/aromatic N) is 3. The van der Waals surface area contributed by atoms with Crippen molar-refractivity contribution >= 4 is 60.3 Å². The fourth-order valence-corrected chi connectivity index (χ4v) is 5.61. The summed E-state index contributed by atoms with van der Waals surface area (Å²) in [5.74, 6) is 1.72. The quantitative estimate of drug-likeness (QED) is 0.626. The summed E-state index contributed by atoms with van der Waals surface area (Å²) in [6.45, 7) is 5.78. The second-order valence-corrected chi connectivity index (χ2v) is 8.68. The van der Waals surface area contributed by atoms with Crippen molar-refractivity contribution in [3.05, 3.63) is 45.9 Å². The molecular formula is C21H29Cl4N5. The lowest BCUT2D eigenvalue weighted by molar-refractivity contribution is 0.358. The molecule has 0 saturated carbocycles. The van der Waals surface area contributed by atoms with Crippen LogP contribution in [0.1, 0.15) is 54.5 Å². The molecule has 1 fully saturated rings. The number of fused-ring (bicyclic) bond motifs is 3. The molecule has 1 aliphatic carbocycles. The van der Waals surface area contributed by atoms with Gasteiger partial charge in [-0.1, -0.05) is 18.5 Å². The van der Waals surface area contributed by atoms with Crippen LogP contribution in [-0.2, 0) is 18.4 Å². The highest BCUT2D eigenvalue weighted by Gasteiger charge is 2.44. The number of anilines is 2. The van der Waals surface area contributed by atoms with Gasteiger partial charge in [-0.3, -0.25) is 0 Å². The van der Waals surface area contributed by atoms with Crippen molar-refractivity contribution < 1.29 is 0 Å². The predicted octanol–water partition coefficient (Wildman–Crippen LogP) is 4.87. The van der Waals surface area contributed by atoms with Gasteiger partial charge in [0.2, 0.25) is 0 Å². The predicted molar refractivity (Wildman–Crippen MR) is 131 cm³/mol. The van der Waals surface area contributed by atoms with Crippen LogP contribution >= 0.6 is 48.8 Å². The van der Waals surface area contributed by atoms with Gasteiger partial charge >= 0.3 is 0 Å². The molecule has 9 heteroatoms.